The fraction of sp³-hybridized carbons (Fsp3) is 0.476. The molecule has 0 aliphatic rings. The summed E-state index contributed by atoms with van der Waals surface area (Å²) in [4.78, 5) is 22.3. The normalized spacial score (nSPS) is 11.8. The van der Waals surface area contributed by atoms with Gasteiger partial charge in [-0.05, 0) is 49.4 Å². The van der Waals surface area contributed by atoms with E-state index in [9.17, 15) is 53.5 Å². The number of rotatable bonds is 14. The van der Waals surface area contributed by atoms with Crippen molar-refractivity contribution in [2.24, 2.45) is 16.7 Å². The first-order valence-electron chi connectivity index (χ1n) is 18.4. The summed E-state index contributed by atoms with van der Waals surface area (Å²) in [6, 6.07) is 0. The third kappa shape index (κ3) is 20.1. The number of hydrogen-bond acceptors (Lipinski definition) is 4. The van der Waals surface area contributed by atoms with Crippen LogP contribution in [0.1, 0.15) is 108 Å². The summed E-state index contributed by atoms with van der Waals surface area (Å²) < 4.78 is 138. The van der Waals surface area contributed by atoms with Gasteiger partial charge >= 0.3 is 24.2 Å². The van der Waals surface area contributed by atoms with Crippen LogP contribution in [0.5, 0.6) is 11.5 Å². The summed E-state index contributed by atoms with van der Waals surface area (Å²) in [5.74, 6) is -27.5. The Morgan fingerprint density at radius 2 is 1.07 bits per heavy atom. The largest absolute Gasteiger partial charge is 0.519 e. The summed E-state index contributed by atoms with van der Waals surface area (Å²) in [7, 11) is 10.7. The molecule has 0 aliphatic heterocycles. The van der Waals surface area contributed by atoms with E-state index in [0.29, 0.717) is 18.3 Å². The Bertz CT molecular complexity index is 1780. The molecule has 0 aliphatic carbocycles. The maximum absolute atomic E-state index is 13.5. The summed E-state index contributed by atoms with van der Waals surface area (Å²) >= 11 is -1.21. The van der Waals surface area contributed by atoms with Crippen LogP contribution in [-0.2, 0) is 9.59 Å². The van der Waals surface area contributed by atoms with E-state index in [4.69, 9.17) is 20.1 Å². The fourth-order valence-electron chi connectivity index (χ4n) is 4.53. The van der Waals surface area contributed by atoms with Crippen molar-refractivity contribution in [3.63, 3.8) is 0 Å². The zero-order chi connectivity index (χ0) is 46.6. The van der Waals surface area contributed by atoms with E-state index in [2.05, 4.69) is 77.0 Å². The van der Waals surface area contributed by atoms with Crippen LogP contribution in [0.4, 0.5) is 43.9 Å². The number of ether oxygens (including phenoxy) is 2. The third-order valence-corrected chi connectivity index (χ3v) is 11.0. The van der Waals surface area contributed by atoms with Crippen LogP contribution in [0.3, 0.4) is 0 Å². The van der Waals surface area contributed by atoms with Gasteiger partial charge < -0.3 is 9.47 Å². The van der Waals surface area contributed by atoms with Gasteiger partial charge in [0, 0.05) is 12.0 Å². The monoisotopic (exact) mass is 906 g/mol. The van der Waals surface area contributed by atoms with E-state index in [1.807, 2.05) is 20.8 Å². The quantitative estimate of drug-likeness (QED) is 0.0181. The number of allylic oxidation sites excluding steroid dienone is 4. The highest BCUT2D eigenvalue weighted by molar-refractivity contribution is 7.33. The molecule has 0 saturated heterocycles. The summed E-state index contributed by atoms with van der Waals surface area (Å²) in [6.07, 6.45) is 15.1. The maximum atomic E-state index is 13.5. The predicted molar refractivity (Wildman–Crippen MR) is 214 cm³/mol. The van der Waals surface area contributed by atoms with Gasteiger partial charge in [-0.2, -0.15) is 17.6 Å². The number of halogens is 12. The third-order valence-electron chi connectivity index (χ3n) is 8.52. The zero-order valence-electron chi connectivity index (χ0n) is 34.8. The average Bonchev–Trinajstić information content (AvgIpc) is 3.18. The van der Waals surface area contributed by atoms with Crippen molar-refractivity contribution in [3.8, 4) is 23.8 Å². The van der Waals surface area contributed by atoms with Crippen molar-refractivity contribution in [2.45, 2.75) is 113 Å². The summed E-state index contributed by atoms with van der Waals surface area (Å²) in [5.41, 5.74) is 2.92. The second kappa shape index (κ2) is 27.4. The SMILES string of the molecule is C#CC(=O)Oc1c(F)c(F)c(F)c(F)c1F.C=C(CC(C)(C)CC)C(/C=C/C(=O)Oc1c(F)c(F)c(F)c(F)c1F)CC.CCC=C(C)CC(C)(C)CC.C[CH2][Al]([Cl])[Cl]. The minimum absolute atomic E-state index is 0.0221. The molecule has 0 amide bonds. The molecule has 0 heterocycles. The van der Waals surface area contributed by atoms with E-state index in [-0.39, 0.29) is 11.3 Å². The van der Waals surface area contributed by atoms with Crippen LogP contribution in [0.2, 0.25) is 5.28 Å². The molecule has 2 aromatic carbocycles. The second-order valence-electron chi connectivity index (χ2n) is 14.4. The zero-order valence-corrected chi connectivity index (χ0v) is 37.5. The first-order valence-corrected chi connectivity index (χ1v) is 22.7. The Labute approximate surface area is 353 Å². The molecule has 4 nitrogen and oxygen atoms in total. The molecule has 1 atom stereocenters. The van der Waals surface area contributed by atoms with Gasteiger partial charge in [0.15, 0.2) is 0 Å². The number of carbonyl (C=O) groups is 2. The van der Waals surface area contributed by atoms with Gasteiger partial charge in [0.1, 0.15) is 0 Å². The van der Waals surface area contributed by atoms with Gasteiger partial charge in [-0.15, -0.1) is 6.42 Å². The summed E-state index contributed by atoms with van der Waals surface area (Å²) in [5, 5.41) is 0.975. The Morgan fingerprint density at radius 1 is 0.712 bits per heavy atom. The molecule has 2 aromatic rings. The van der Waals surface area contributed by atoms with Crippen LogP contribution in [-0.4, -0.2) is 24.2 Å². The lowest BCUT2D eigenvalue weighted by molar-refractivity contribution is -0.130. The highest BCUT2D eigenvalue weighted by Gasteiger charge is 2.29. The highest BCUT2D eigenvalue weighted by Crippen LogP contribution is 2.34. The van der Waals surface area contributed by atoms with Crippen LogP contribution in [0.15, 0.2) is 36.0 Å². The van der Waals surface area contributed by atoms with Crippen molar-refractivity contribution in [3.05, 3.63) is 94.1 Å². The molecule has 0 N–H and O–H groups in total. The van der Waals surface area contributed by atoms with Crippen LogP contribution in [0.25, 0.3) is 0 Å². The van der Waals surface area contributed by atoms with Gasteiger partial charge in [-0.1, -0.05) is 110 Å². The van der Waals surface area contributed by atoms with Crippen molar-refractivity contribution >= 4 is 44.3 Å². The number of carbonyl (C=O) groups excluding carboxylic acids is 2. The topological polar surface area (TPSA) is 52.6 Å². The maximum Gasteiger partial charge on any atom is 0.519 e. The van der Waals surface area contributed by atoms with Crippen LogP contribution >= 0.6 is 20.1 Å². The first kappa shape index (κ1) is 57.7. The fourth-order valence-corrected chi connectivity index (χ4v) is 4.53. The van der Waals surface area contributed by atoms with E-state index in [1.165, 1.54) is 31.3 Å². The molecule has 0 bridgehead atoms. The molecule has 0 radical (unpaired) electrons. The standard InChI is InChI=1S/C20H23F5O2.C11H22.C9HF5O2.C2H5.Al.2ClH/c1-6-12(11(3)10-20(4,5)7-2)8-9-13(26)27-19-17(24)15(22)14(21)16(23)18(19)25;1-6-8-10(3)9-11(4,5)7-2;1-2-3(15)16-9-7(13)5(11)4(10)6(12)8(9)14;1-2;;;/h8-9,12H,3,6-7,10H2,1-2,4-5H3;8H,6-7,9H2,1-5H3;1H;1H2,2H3;;2*1H/q;;;;+2;;/p-2/b9-8+;;;;;;. The number of benzene rings is 2. The van der Waals surface area contributed by atoms with E-state index >= 15 is 0 Å². The Morgan fingerprint density at radius 3 is 1.39 bits per heavy atom. The van der Waals surface area contributed by atoms with E-state index in [1.54, 1.807) is 5.57 Å². The molecule has 59 heavy (non-hydrogen) atoms. The Hall–Kier alpha value is -3.43. The van der Waals surface area contributed by atoms with Gasteiger partial charge in [-0.25, -0.2) is 56.0 Å². The lowest BCUT2D eigenvalue weighted by atomic mass is 9.79. The number of terminal acetylenes is 1. The second-order valence-corrected chi connectivity index (χ2v) is 19.9. The lowest BCUT2D eigenvalue weighted by Gasteiger charge is -2.26. The van der Waals surface area contributed by atoms with Crippen LogP contribution in [0, 0.1) is 87.3 Å². The Kier molecular flexibility index (Phi) is 26.8. The molecule has 2 rings (SSSR count). The number of esters is 2. The first-order chi connectivity index (χ1) is 27.1. The van der Waals surface area contributed by atoms with E-state index < -0.39 is 93.9 Å². The van der Waals surface area contributed by atoms with Crippen molar-refractivity contribution in [1.29, 1.82) is 0 Å². The molecule has 330 valence electrons. The Balaban J connectivity index is 0. The molecule has 17 heteroatoms. The summed E-state index contributed by atoms with van der Waals surface area (Å²) in [6.45, 7) is 25.4. The highest BCUT2D eigenvalue weighted by atomic mass is 35.7. The molecule has 0 spiro atoms. The molecular formula is C42H51AlCl2F10O4. The molecule has 0 aromatic heterocycles. The molecule has 1 unspecified atom stereocenters. The van der Waals surface area contributed by atoms with Crippen molar-refractivity contribution in [1.82, 2.24) is 0 Å². The minimum Gasteiger partial charge on any atom is -0.417 e. The molecule has 0 saturated carbocycles. The molecular weight excluding hydrogens is 856 g/mol. The average molecular weight is 908 g/mol. The predicted octanol–water partition coefficient (Wildman–Crippen LogP) is 14.3. The lowest BCUT2D eigenvalue weighted by Crippen LogP contribution is -2.14. The van der Waals surface area contributed by atoms with Gasteiger partial charge in [0.2, 0.25) is 69.7 Å². The van der Waals surface area contributed by atoms with Gasteiger partial charge in [0.05, 0.1) is 0 Å². The van der Waals surface area contributed by atoms with Gasteiger partial charge in [0.25, 0.3) is 0 Å². The van der Waals surface area contributed by atoms with Crippen LogP contribution < -0.4 is 9.47 Å². The smallest absolute Gasteiger partial charge is 0.417 e. The van der Waals surface area contributed by atoms with Gasteiger partial charge in [-0.3, -0.25) is 0 Å². The van der Waals surface area contributed by atoms with Crippen molar-refractivity contribution < 1.29 is 63.0 Å². The number of hydrogen-bond donors (Lipinski definition) is 0. The van der Waals surface area contributed by atoms with E-state index in [0.717, 1.165) is 23.4 Å². The van der Waals surface area contributed by atoms with Crippen molar-refractivity contribution in [2.75, 3.05) is 0 Å². The molecule has 0 fully saturated rings. The minimum atomic E-state index is -2.35.